The molecule has 0 bridgehead atoms. The molecule has 214 valence electrons. The van der Waals surface area contributed by atoms with Gasteiger partial charge in [-0.3, -0.25) is 13.9 Å². The summed E-state index contributed by atoms with van der Waals surface area (Å²) in [5, 5.41) is 2.89. The number of likely N-dealkylation sites (N-methyl/N-ethyl adjacent to an activating group) is 1. The van der Waals surface area contributed by atoms with Gasteiger partial charge in [-0.05, 0) is 60.7 Å². The van der Waals surface area contributed by atoms with Gasteiger partial charge in [-0.1, -0.05) is 77.5 Å². The van der Waals surface area contributed by atoms with E-state index in [0.29, 0.717) is 25.1 Å². The number of carbonyl (C=O) groups is 2. The van der Waals surface area contributed by atoms with E-state index in [1.54, 1.807) is 17.0 Å². The average molecular weight is 629 g/mol. The van der Waals surface area contributed by atoms with E-state index < -0.39 is 16.1 Å². The molecule has 3 aromatic carbocycles. The summed E-state index contributed by atoms with van der Waals surface area (Å²) in [4.78, 5) is 28.7. The predicted octanol–water partition coefficient (Wildman–Crippen LogP) is 5.33. The summed E-state index contributed by atoms with van der Waals surface area (Å²) in [6.45, 7) is 4.76. The second-order valence-corrected chi connectivity index (χ2v) is 12.5. The van der Waals surface area contributed by atoms with Gasteiger partial charge in [0.15, 0.2) is 0 Å². The summed E-state index contributed by atoms with van der Waals surface area (Å²) in [6, 6.07) is 24.0. The van der Waals surface area contributed by atoms with Crippen molar-refractivity contribution in [1.82, 2.24) is 10.2 Å². The second kappa shape index (κ2) is 15.0. The van der Waals surface area contributed by atoms with Crippen LogP contribution in [0.1, 0.15) is 43.4 Å². The number of hydrogen-bond donors (Lipinski definition) is 1. The molecule has 1 N–H and O–H groups in total. The lowest BCUT2D eigenvalue weighted by molar-refractivity contribution is -0.141. The van der Waals surface area contributed by atoms with E-state index in [-0.39, 0.29) is 31.3 Å². The number of halogens is 1. The highest BCUT2D eigenvalue weighted by Gasteiger charge is 2.30. The van der Waals surface area contributed by atoms with Crippen molar-refractivity contribution >= 4 is 43.5 Å². The van der Waals surface area contributed by atoms with Gasteiger partial charge in [0.2, 0.25) is 21.8 Å². The number of hydrogen-bond acceptors (Lipinski definition) is 4. The monoisotopic (exact) mass is 627 g/mol. The van der Waals surface area contributed by atoms with Crippen molar-refractivity contribution in [3.05, 3.63) is 100 Å². The van der Waals surface area contributed by atoms with E-state index in [2.05, 4.69) is 21.2 Å². The number of anilines is 1. The molecule has 9 heteroatoms. The van der Waals surface area contributed by atoms with Crippen LogP contribution in [-0.4, -0.2) is 50.5 Å². The van der Waals surface area contributed by atoms with E-state index in [4.69, 9.17) is 0 Å². The van der Waals surface area contributed by atoms with Gasteiger partial charge in [0, 0.05) is 36.9 Å². The molecule has 0 aliphatic heterocycles. The molecule has 0 aliphatic carbocycles. The Morgan fingerprint density at radius 1 is 0.875 bits per heavy atom. The zero-order chi connectivity index (χ0) is 29.1. The Bertz CT molecular complexity index is 1350. The van der Waals surface area contributed by atoms with Crippen LogP contribution in [0.15, 0.2) is 83.3 Å². The average Bonchev–Trinajstić information content (AvgIpc) is 2.94. The van der Waals surface area contributed by atoms with Crippen LogP contribution in [-0.2, 0) is 39.0 Å². The molecule has 2 amide bonds. The van der Waals surface area contributed by atoms with Gasteiger partial charge in [-0.15, -0.1) is 0 Å². The summed E-state index contributed by atoms with van der Waals surface area (Å²) >= 11 is 3.45. The van der Waals surface area contributed by atoms with Gasteiger partial charge in [-0.2, -0.15) is 0 Å². The number of rotatable bonds is 14. The fraction of sp³-hybridized carbons (Fsp3) is 0.355. The third-order valence-corrected chi connectivity index (χ3v) is 8.40. The lowest BCUT2D eigenvalue weighted by Crippen LogP contribution is -2.50. The van der Waals surface area contributed by atoms with Gasteiger partial charge in [-0.25, -0.2) is 8.42 Å². The zero-order valence-electron chi connectivity index (χ0n) is 23.3. The molecular weight excluding hydrogens is 590 g/mol. The lowest BCUT2D eigenvalue weighted by atomic mass is 10.0. The van der Waals surface area contributed by atoms with Gasteiger partial charge in [0.1, 0.15) is 6.04 Å². The predicted molar refractivity (Wildman–Crippen MR) is 165 cm³/mol. The number of nitrogens with one attached hydrogen (secondary N) is 1. The molecule has 0 aromatic heterocycles. The minimum Gasteiger partial charge on any atom is -0.355 e. The van der Waals surface area contributed by atoms with Crippen LogP contribution >= 0.6 is 15.9 Å². The molecule has 0 radical (unpaired) electrons. The van der Waals surface area contributed by atoms with Gasteiger partial charge in [0.25, 0.3) is 0 Å². The second-order valence-electron chi connectivity index (χ2n) is 9.71. The summed E-state index contributed by atoms with van der Waals surface area (Å²) in [6.07, 6.45) is 2.81. The Balaban J connectivity index is 1.84. The molecule has 1 atom stereocenters. The highest BCUT2D eigenvalue weighted by molar-refractivity contribution is 9.10. The van der Waals surface area contributed by atoms with Crippen molar-refractivity contribution < 1.29 is 18.0 Å². The largest absolute Gasteiger partial charge is 0.355 e. The van der Waals surface area contributed by atoms with Crippen LogP contribution in [0.3, 0.4) is 0 Å². The van der Waals surface area contributed by atoms with Crippen molar-refractivity contribution in [2.24, 2.45) is 0 Å². The first-order chi connectivity index (χ1) is 19.1. The van der Waals surface area contributed by atoms with Crippen molar-refractivity contribution in [3.8, 4) is 0 Å². The van der Waals surface area contributed by atoms with Crippen molar-refractivity contribution in [2.45, 2.75) is 52.1 Å². The molecule has 0 heterocycles. The fourth-order valence-electron chi connectivity index (χ4n) is 4.53. The number of benzene rings is 3. The summed E-state index contributed by atoms with van der Waals surface area (Å²) in [5.74, 6) is -0.421. The SMILES string of the molecule is CCNC(=O)[C@@H](Cc1ccccc1)N(Cc1ccc(Br)cc1)C(=O)CCCN(c1ccc(CC)cc1)S(C)(=O)=O. The molecule has 0 unspecified atom stereocenters. The Morgan fingerprint density at radius 2 is 1.50 bits per heavy atom. The molecule has 3 rings (SSSR count). The molecular formula is C31H38BrN3O4S. The smallest absolute Gasteiger partial charge is 0.243 e. The number of sulfonamides is 1. The van der Waals surface area contributed by atoms with Crippen molar-refractivity contribution in [3.63, 3.8) is 0 Å². The quantitative estimate of drug-likeness (QED) is 0.262. The topological polar surface area (TPSA) is 86.8 Å². The minimum absolute atomic E-state index is 0.0975. The summed E-state index contributed by atoms with van der Waals surface area (Å²) in [5.41, 5.74) is 3.53. The maximum absolute atomic E-state index is 13.8. The number of amides is 2. The molecule has 0 saturated heterocycles. The van der Waals surface area contributed by atoms with E-state index in [9.17, 15) is 18.0 Å². The van der Waals surface area contributed by atoms with E-state index in [0.717, 1.165) is 27.6 Å². The number of aryl methyl sites for hydroxylation is 1. The van der Waals surface area contributed by atoms with Crippen LogP contribution in [0.5, 0.6) is 0 Å². The standard InChI is InChI=1S/C31H38BrN3O4S/c1-4-24-15-19-28(20-16-24)35(40(3,38)39)21-9-12-30(36)34(23-26-13-17-27(32)18-14-26)29(31(37)33-5-2)22-25-10-7-6-8-11-25/h6-8,10-11,13-20,29H,4-5,9,12,21-23H2,1-3H3,(H,33,37)/t29-/m1/s1. The van der Waals surface area contributed by atoms with Gasteiger partial charge >= 0.3 is 0 Å². The first-order valence-electron chi connectivity index (χ1n) is 13.5. The minimum atomic E-state index is -3.55. The number of carbonyl (C=O) groups excluding carboxylic acids is 2. The van der Waals surface area contributed by atoms with Gasteiger partial charge < -0.3 is 10.2 Å². The Labute approximate surface area is 246 Å². The highest BCUT2D eigenvalue weighted by Crippen LogP contribution is 2.21. The van der Waals surface area contributed by atoms with Crippen molar-refractivity contribution in [2.75, 3.05) is 23.7 Å². The Morgan fingerprint density at radius 3 is 2.08 bits per heavy atom. The van der Waals surface area contributed by atoms with Crippen LogP contribution in [0.25, 0.3) is 0 Å². The molecule has 3 aromatic rings. The molecule has 7 nitrogen and oxygen atoms in total. The van der Waals surface area contributed by atoms with Crippen LogP contribution in [0, 0.1) is 0 Å². The maximum atomic E-state index is 13.8. The zero-order valence-corrected chi connectivity index (χ0v) is 25.7. The molecule has 0 aliphatic rings. The van der Waals surface area contributed by atoms with Crippen LogP contribution in [0.2, 0.25) is 0 Å². The lowest BCUT2D eigenvalue weighted by Gasteiger charge is -2.32. The van der Waals surface area contributed by atoms with E-state index in [1.165, 1.54) is 10.6 Å². The van der Waals surface area contributed by atoms with Crippen LogP contribution < -0.4 is 9.62 Å². The van der Waals surface area contributed by atoms with E-state index in [1.807, 2.05) is 80.6 Å². The molecule has 0 spiro atoms. The van der Waals surface area contributed by atoms with E-state index >= 15 is 0 Å². The number of nitrogens with zero attached hydrogens (tertiary/aromatic N) is 2. The first kappa shape index (κ1) is 31.4. The Kier molecular flexibility index (Phi) is 11.8. The van der Waals surface area contributed by atoms with Crippen LogP contribution in [0.4, 0.5) is 5.69 Å². The fourth-order valence-corrected chi connectivity index (χ4v) is 5.76. The third-order valence-electron chi connectivity index (χ3n) is 6.67. The highest BCUT2D eigenvalue weighted by atomic mass is 79.9. The Hall–Kier alpha value is -3.17. The normalized spacial score (nSPS) is 12.0. The third kappa shape index (κ3) is 9.20. The molecule has 0 saturated carbocycles. The maximum Gasteiger partial charge on any atom is 0.243 e. The summed E-state index contributed by atoms with van der Waals surface area (Å²) < 4.78 is 27.5. The molecule has 40 heavy (non-hydrogen) atoms. The first-order valence-corrected chi connectivity index (χ1v) is 16.2. The summed E-state index contributed by atoms with van der Waals surface area (Å²) in [7, 11) is -3.55. The van der Waals surface area contributed by atoms with Crippen molar-refractivity contribution in [1.29, 1.82) is 0 Å². The van der Waals surface area contributed by atoms with Gasteiger partial charge in [0.05, 0.1) is 11.9 Å². The molecule has 0 fully saturated rings.